The summed E-state index contributed by atoms with van der Waals surface area (Å²) < 4.78 is 15.9. The Morgan fingerprint density at radius 1 is 1.08 bits per heavy atom. The fourth-order valence-corrected chi connectivity index (χ4v) is 6.86. The van der Waals surface area contributed by atoms with E-state index in [1.54, 1.807) is 0 Å². The van der Waals surface area contributed by atoms with Gasteiger partial charge < -0.3 is 12.3 Å². The molecule has 0 heterocycles. The van der Waals surface area contributed by atoms with Crippen LogP contribution in [-0.2, 0) is 12.3 Å². The molecule has 0 aromatic rings. The van der Waals surface area contributed by atoms with Gasteiger partial charge >= 0.3 is 0 Å². The second-order valence-corrected chi connectivity index (χ2v) is 10.2. The minimum Gasteiger partial charge on any atom is -0.449 e. The predicted octanol–water partition coefficient (Wildman–Crippen LogP) is -1.60. The number of unbranched alkanes of at least 4 members (excludes halogenated alkanes) is 3. The van der Waals surface area contributed by atoms with E-state index in [0.717, 1.165) is 10.5 Å². The maximum Gasteiger partial charge on any atom is 0.284 e. The Kier molecular flexibility index (Phi) is 13.5. The third-order valence-corrected chi connectivity index (χ3v) is 6.65. The van der Waals surface area contributed by atoms with E-state index in [1.165, 1.54) is 31.7 Å². The van der Waals surface area contributed by atoms with Gasteiger partial charge in [-0.25, -0.2) is 0 Å². The van der Waals surface area contributed by atoms with Crippen LogP contribution in [0.25, 0.3) is 0 Å². The summed E-state index contributed by atoms with van der Waals surface area (Å²) in [6.07, 6.45) is 5.45. The van der Waals surface area contributed by atoms with E-state index in [-0.39, 0.29) is 9.76 Å². The average molecular weight is 255 g/mol. The average Bonchev–Trinajstić information content (AvgIpc) is 2.16. The molecule has 13 heavy (non-hydrogen) atoms. The van der Waals surface area contributed by atoms with Gasteiger partial charge in [-0.3, -0.25) is 0 Å². The maximum absolute atomic E-state index is 5.54. The van der Waals surface area contributed by atoms with E-state index >= 15 is 0 Å². The molecule has 0 bridgehead atoms. The van der Waals surface area contributed by atoms with Crippen LogP contribution >= 0.6 is 0 Å². The Morgan fingerprint density at radius 2 is 1.92 bits per heavy atom. The van der Waals surface area contributed by atoms with Crippen molar-refractivity contribution in [3.05, 3.63) is 0 Å². The van der Waals surface area contributed by atoms with Crippen LogP contribution in [0.1, 0.15) is 32.6 Å². The summed E-state index contributed by atoms with van der Waals surface area (Å²) in [5.41, 5.74) is 0. The highest BCUT2D eigenvalue weighted by Crippen LogP contribution is 2.01. The van der Waals surface area contributed by atoms with E-state index in [1.807, 2.05) is 0 Å². The summed E-state index contributed by atoms with van der Waals surface area (Å²) in [5.74, 6) is 0. The molecule has 0 unspecified atom stereocenters. The largest absolute Gasteiger partial charge is 0.449 e. The zero-order valence-electron chi connectivity index (χ0n) is 8.88. The van der Waals surface area contributed by atoms with Crippen molar-refractivity contribution in [2.75, 3.05) is 0 Å². The second kappa shape index (κ2) is 12.7. The van der Waals surface area contributed by atoms with E-state index in [4.69, 9.17) is 12.3 Å². The standard InChI is InChI=1S/C6H22O3Si4/c1-2-3-4-5-6-11-8-13-9-12-7-10/h2-6,11-13H2,1,10H3. The van der Waals surface area contributed by atoms with Gasteiger partial charge in [-0.05, 0) is 6.04 Å². The topological polar surface area (TPSA) is 27.7 Å². The fourth-order valence-electron chi connectivity index (χ4n) is 1.04. The highest BCUT2D eigenvalue weighted by atomic mass is 28.4. The molecule has 0 radical (unpaired) electrons. The van der Waals surface area contributed by atoms with Crippen molar-refractivity contribution >= 4 is 40.3 Å². The lowest BCUT2D eigenvalue weighted by molar-refractivity contribution is 0.437. The molecule has 0 amide bonds. The molecule has 80 valence electrons. The Labute approximate surface area is 91.5 Å². The highest BCUT2D eigenvalue weighted by Gasteiger charge is 1.91. The molecule has 0 saturated heterocycles. The first-order valence-corrected chi connectivity index (χ1v) is 9.76. The lowest BCUT2D eigenvalue weighted by Gasteiger charge is -2.03. The van der Waals surface area contributed by atoms with Crippen molar-refractivity contribution in [1.29, 1.82) is 0 Å². The third-order valence-electron chi connectivity index (χ3n) is 1.76. The van der Waals surface area contributed by atoms with E-state index in [9.17, 15) is 0 Å². The van der Waals surface area contributed by atoms with Crippen molar-refractivity contribution in [3.63, 3.8) is 0 Å². The van der Waals surface area contributed by atoms with E-state index < -0.39 is 20.0 Å². The minimum absolute atomic E-state index is 0.230. The van der Waals surface area contributed by atoms with E-state index in [0.29, 0.717) is 0 Å². The zero-order valence-corrected chi connectivity index (χ0v) is 15.1. The van der Waals surface area contributed by atoms with Gasteiger partial charge in [0.25, 0.3) is 20.0 Å². The van der Waals surface area contributed by atoms with Crippen LogP contribution in [0.4, 0.5) is 0 Å². The van der Waals surface area contributed by atoms with E-state index in [2.05, 4.69) is 6.92 Å². The second-order valence-electron chi connectivity index (χ2n) is 3.05. The number of hydrogen-bond donors (Lipinski definition) is 0. The van der Waals surface area contributed by atoms with Crippen molar-refractivity contribution in [3.8, 4) is 0 Å². The Bertz CT molecular complexity index is 85.9. The van der Waals surface area contributed by atoms with Crippen molar-refractivity contribution < 1.29 is 12.3 Å². The minimum atomic E-state index is -0.618. The SMILES string of the molecule is CCCCCC[SiH2]O[SiH2]O[SiH2]O[SiH3]. The van der Waals surface area contributed by atoms with Gasteiger partial charge in [-0.1, -0.05) is 32.6 Å². The molecule has 0 N–H and O–H groups in total. The number of rotatable bonds is 10. The van der Waals surface area contributed by atoms with Crippen molar-refractivity contribution in [1.82, 2.24) is 0 Å². The molecular formula is C6H22O3Si4. The Morgan fingerprint density at radius 3 is 2.62 bits per heavy atom. The van der Waals surface area contributed by atoms with Crippen LogP contribution in [-0.4, -0.2) is 40.3 Å². The van der Waals surface area contributed by atoms with Gasteiger partial charge in [0.1, 0.15) is 20.2 Å². The van der Waals surface area contributed by atoms with Crippen LogP contribution in [0.2, 0.25) is 6.04 Å². The summed E-state index contributed by atoms with van der Waals surface area (Å²) in [5, 5.41) is 0. The van der Waals surface area contributed by atoms with Gasteiger partial charge in [0.15, 0.2) is 0 Å². The van der Waals surface area contributed by atoms with Crippen LogP contribution < -0.4 is 0 Å². The molecule has 3 nitrogen and oxygen atoms in total. The first-order valence-electron chi connectivity index (χ1n) is 5.06. The Hall–Kier alpha value is 0.748. The van der Waals surface area contributed by atoms with Crippen molar-refractivity contribution in [2.45, 2.75) is 38.7 Å². The summed E-state index contributed by atoms with van der Waals surface area (Å²) in [6, 6.07) is 1.33. The van der Waals surface area contributed by atoms with Crippen LogP contribution in [0.5, 0.6) is 0 Å². The lowest BCUT2D eigenvalue weighted by atomic mass is 10.2. The molecule has 0 aliphatic carbocycles. The van der Waals surface area contributed by atoms with Gasteiger partial charge in [-0.15, -0.1) is 0 Å². The molecule has 0 rings (SSSR count). The maximum atomic E-state index is 5.54. The zero-order chi connectivity index (χ0) is 9.78. The van der Waals surface area contributed by atoms with Crippen LogP contribution in [0, 0.1) is 0 Å². The molecule has 0 aromatic carbocycles. The molecule has 7 heteroatoms. The number of hydrogen-bond acceptors (Lipinski definition) is 3. The fraction of sp³-hybridized carbons (Fsp3) is 1.00. The van der Waals surface area contributed by atoms with Crippen LogP contribution in [0.3, 0.4) is 0 Å². The predicted molar refractivity (Wildman–Crippen MR) is 67.8 cm³/mol. The first kappa shape index (κ1) is 13.7. The summed E-state index contributed by atoms with van der Waals surface area (Å²) in [7, 11) is -0.629. The molecule has 0 aliphatic rings. The lowest BCUT2D eigenvalue weighted by Crippen LogP contribution is -2.12. The van der Waals surface area contributed by atoms with Crippen LogP contribution in [0.15, 0.2) is 0 Å². The Balaban J connectivity index is 2.76. The summed E-state index contributed by atoms with van der Waals surface area (Å²) >= 11 is 0. The third kappa shape index (κ3) is 12.7. The molecule has 0 aliphatic heterocycles. The molecular weight excluding hydrogens is 232 g/mol. The summed E-state index contributed by atoms with van der Waals surface area (Å²) in [6.45, 7) is 2.24. The molecule has 0 atom stereocenters. The smallest absolute Gasteiger partial charge is 0.284 e. The van der Waals surface area contributed by atoms with Crippen molar-refractivity contribution in [2.24, 2.45) is 0 Å². The quantitative estimate of drug-likeness (QED) is 0.347. The van der Waals surface area contributed by atoms with Gasteiger partial charge in [-0.2, -0.15) is 0 Å². The van der Waals surface area contributed by atoms with Gasteiger partial charge in [0.2, 0.25) is 0 Å². The van der Waals surface area contributed by atoms with Gasteiger partial charge in [0.05, 0.1) is 0 Å². The van der Waals surface area contributed by atoms with Gasteiger partial charge in [0, 0.05) is 0 Å². The monoisotopic (exact) mass is 254 g/mol. The summed E-state index contributed by atoms with van der Waals surface area (Å²) in [4.78, 5) is 0. The first-order chi connectivity index (χ1) is 6.41. The highest BCUT2D eigenvalue weighted by molar-refractivity contribution is 6.44. The molecule has 0 saturated carbocycles. The normalized spacial score (nSPS) is 13.6. The molecule has 0 fully saturated rings. The molecule has 0 spiro atoms. The molecule has 0 aromatic heterocycles.